The molecule has 0 aliphatic rings. The van der Waals surface area contributed by atoms with E-state index >= 15 is 0 Å². The molecule has 0 saturated carbocycles. The lowest BCUT2D eigenvalue weighted by Gasteiger charge is -2.05. The fourth-order valence-electron chi connectivity index (χ4n) is 2.72. The Morgan fingerprint density at radius 3 is 2.71 bits per heavy atom. The Bertz CT molecular complexity index is 1040. The summed E-state index contributed by atoms with van der Waals surface area (Å²) in [6, 6.07) is 17.5. The maximum atomic E-state index is 12.8. The third-order valence-corrected chi connectivity index (χ3v) is 4.09. The van der Waals surface area contributed by atoms with E-state index in [9.17, 15) is 14.9 Å². The number of nitrogens with one attached hydrogen (secondary N) is 1. The van der Waals surface area contributed by atoms with Crippen LogP contribution < -0.4 is 5.32 Å². The van der Waals surface area contributed by atoms with Gasteiger partial charge in [-0.05, 0) is 5.56 Å². The van der Waals surface area contributed by atoms with Gasteiger partial charge >= 0.3 is 0 Å². The fourth-order valence-corrected chi connectivity index (χ4v) is 2.72. The molecule has 0 bridgehead atoms. The predicted molar refractivity (Wildman–Crippen MR) is 102 cm³/mol. The SMILES string of the molecule is N#CCCn1cc(C(=O)NCc2ccccc2)c(-c2cccc([N+](=O)[O-])c2)n1. The highest BCUT2D eigenvalue weighted by molar-refractivity contribution is 5.99. The van der Waals surface area contributed by atoms with Crippen molar-refractivity contribution in [3.63, 3.8) is 0 Å². The summed E-state index contributed by atoms with van der Waals surface area (Å²) in [5, 5.41) is 27.1. The van der Waals surface area contributed by atoms with E-state index in [0.717, 1.165) is 5.56 Å². The summed E-state index contributed by atoms with van der Waals surface area (Å²) in [5.41, 5.74) is 1.97. The number of non-ortho nitro benzene ring substituents is 1. The van der Waals surface area contributed by atoms with Crippen molar-refractivity contribution >= 4 is 11.6 Å². The quantitative estimate of drug-likeness (QED) is 0.503. The maximum absolute atomic E-state index is 12.8. The number of nitrogens with zero attached hydrogens (tertiary/aromatic N) is 4. The summed E-state index contributed by atoms with van der Waals surface area (Å²) in [4.78, 5) is 23.3. The molecule has 0 spiro atoms. The lowest BCUT2D eigenvalue weighted by molar-refractivity contribution is -0.384. The molecule has 0 atom stereocenters. The number of amides is 1. The van der Waals surface area contributed by atoms with Gasteiger partial charge in [0.2, 0.25) is 0 Å². The lowest BCUT2D eigenvalue weighted by Crippen LogP contribution is -2.23. The van der Waals surface area contributed by atoms with Gasteiger partial charge in [-0.25, -0.2) is 0 Å². The number of carbonyl (C=O) groups is 1. The molecule has 0 aliphatic carbocycles. The summed E-state index contributed by atoms with van der Waals surface area (Å²) in [5.74, 6) is -0.339. The third-order valence-electron chi connectivity index (χ3n) is 4.09. The molecule has 1 aromatic heterocycles. The Balaban J connectivity index is 1.91. The van der Waals surface area contributed by atoms with E-state index < -0.39 is 4.92 Å². The molecule has 0 unspecified atom stereocenters. The number of carbonyl (C=O) groups excluding carboxylic acids is 1. The van der Waals surface area contributed by atoms with Gasteiger partial charge in [0.1, 0.15) is 5.69 Å². The molecule has 2 aromatic carbocycles. The summed E-state index contributed by atoms with van der Waals surface area (Å²) in [6.07, 6.45) is 1.80. The van der Waals surface area contributed by atoms with Crippen LogP contribution in [0.15, 0.2) is 60.8 Å². The Labute approximate surface area is 161 Å². The van der Waals surface area contributed by atoms with Crippen LogP contribution in [0.3, 0.4) is 0 Å². The average Bonchev–Trinajstić information content (AvgIpc) is 3.15. The molecule has 28 heavy (non-hydrogen) atoms. The number of aromatic nitrogens is 2. The van der Waals surface area contributed by atoms with Gasteiger partial charge in [0.15, 0.2) is 0 Å². The van der Waals surface area contributed by atoms with Crippen LogP contribution in [0.5, 0.6) is 0 Å². The van der Waals surface area contributed by atoms with Crippen molar-refractivity contribution in [3.8, 4) is 17.3 Å². The van der Waals surface area contributed by atoms with Crippen molar-refractivity contribution in [3.05, 3.63) is 82.0 Å². The number of hydrogen-bond donors (Lipinski definition) is 1. The van der Waals surface area contributed by atoms with Gasteiger partial charge in [-0.15, -0.1) is 0 Å². The normalized spacial score (nSPS) is 10.2. The van der Waals surface area contributed by atoms with Crippen molar-refractivity contribution in [2.24, 2.45) is 0 Å². The Morgan fingerprint density at radius 2 is 2.00 bits per heavy atom. The van der Waals surface area contributed by atoms with Gasteiger partial charge in [-0.1, -0.05) is 42.5 Å². The third kappa shape index (κ3) is 4.40. The van der Waals surface area contributed by atoms with Crippen molar-refractivity contribution in [2.45, 2.75) is 19.5 Å². The van der Waals surface area contributed by atoms with E-state index in [1.807, 2.05) is 36.4 Å². The Kier molecular flexibility index (Phi) is 5.77. The van der Waals surface area contributed by atoms with E-state index in [4.69, 9.17) is 5.26 Å². The number of hydrogen-bond acceptors (Lipinski definition) is 5. The molecule has 1 N–H and O–H groups in total. The maximum Gasteiger partial charge on any atom is 0.270 e. The fraction of sp³-hybridized carbons (Fsp3) is 0.150. The predicted octanol–water partition coefficient (Wildman–Crippen LogP) is 3.30. The minimum absolute atomic E-state index is 0.0836. The van der Waals surface area contributed by atoms with E-state index in [1.165, 1.54) is 16.8 Å². The minimum atomic E-state index is -0.495. The van der Waals surface area contributed by atoms with Crippen LogP contribution in [0.4, 0.5) is 5.69 Å². The smallest absolute Gasteiger partial charge is 0.270 e. The molecule has 1 heterocycles. The molecule has 8 heteroatoms. The number of aryl methyl sites for hydroxylation is 1. The first-order chi connectivity index (χ1) is 13.6. The first-order valence-electron chi connectivity index (χ1n) is 8.60. The van der Waals surface area contributed by atoms with Crippen LogP contribution in [0.1, 0.15) is 22.3 Å². The second-order valence-corrected chi connectivity index (χ2v) is 6.04. The molecular weight excluding hydrogens is 358 g/mol. The standard InChI is InChI=1S/C20H17N5O3/c21-10-5-11-24-14-18(20(26)22-13-15-6-2-1-3-7-15)19(23-24)16-8-4-9-17(12-16)25(27)28/h1-4,6-9,12,14H,5,11,13H2,(H,22,26). The van der Waals surface area contributed by atoms with Crippen molar-refractivity contribution in [2.75, 3.05) is 0 Å². The Morgan fingerprint density at radius 1 is 1.21 bits per heavy atom. The highest BCUT2D eigenvalue weighted by Gasteiger charge is 2.19. The molecule has 0 saturated heterocycles. The molecule has 140 valence electrons. The monoisotopic (exact) mass is 375 g/mol. The largest absolute Gasteiger partial charge is 0.348 e. The van der Waals surface area contributed by atoms with Crippen molar-refractivity contribution < 1.29 is 9.72 Å². The molecule has 1 amide bonds. The molecule has 3 aromatic rings. The summed E-state index contributed by atoms with van der Waals surface area (Å²) < 4.78 is 1.51. The molecule has 3 rings (SSSR count). The van der Waals surface area contributed by atoms with Crippen LogP contribution in [-0.2, 0) is 13.1 Å². The van der Waals surface area contributed by atoms with Crippen molar-refractivity contribution in [1.29, 1.82) is 5.26 Å². The van der Waals surface area contributed by atoms with E-state index in [2.05, 4.69) is 10.4 Å². The van der Waals surface area contributed by atoms with Crippen LogP contribution in [0.2, 0.25) is 0 Å². The van der Waals surface area contributed by atoms with Gasteiger partial charge in [-0.2, -0.15) is 10.4 Å². The zero-order chi connectivity index (χ0) is 19.9. The zero-order valence-electron chi connectivity index (χ0n) is 14.9. The summed E-state index contributed by atoms with van der Waals surface area (Å²) in [7, 11) is 0. The number of nitriles is 1. The van der Waals surface area contributed by atoms with E-state index in [-0.39, 0.29) is 18.0 Å². The molecule has 0 fully saturated rings. The van der Waals surface area contributed by atoms with Gasteiger partial charge in [0.25, 0.3) is 11.6 Å². The van der Waals surface area contributed by atoms with E-state index in [0.29, 0.717) is 29.9 Å². The highest BCUT2D eigenvalue weighted by atomic mass is 16.6. The van der Waals surface area contributed by atoms with Gasteiger partial charge in [0.05, 0.1) is 29.5 Å². The number of nitro groups is 1. The average molecular weight is 375 g/mol. The first-order valence-corrected chi connectivity index (χ1v) is 8.60. The second-order valence-electron chi connectivity index (χ2n) is 6.04. The number of benzene rings is 2. The Hall–Kier alpha value is -3.99. The van der Waals surface area contributed by atoms with Crippen LogP contribution in [0.25, 0.3) is 11.3 Å². The number of rotatable bonds is 7. The summed E-state index contributed by atoms with van der Waals surface area (Å²) in [6.45, 7) is 0.668. The van der Waals surface area contributed by atoms with Crippen LogP contribution in [-0.4, -0.2) is 20.6 Å². The van der Waals surface area contributed by atoms with Crippen LogP contribution in [0, 0.1) is 21.4 Å². The number of nitro benzene ring substituents is 1. The molecule has 0 aliphatic heterocycles. The second kappa shape index (κ2) is 8.60. The topological polar surface area (TPSA) is 114 Å². The van der Waals surface area contributed by atoms with Gasteiger partial charge < -0.3 is 5.32 Å². The highest BCUT2D eigenvalue weighted by Crippen LogP contribution is 2.26. The molecular formula is C20H17N5O3. The van der Waals surface area contributed by atoms with E-state index in [1.54, 1.807) is 18.3 Å². The minimum Gasteiger partial charge on any atom is -0.348 e. The lowest BCUT2D eigenvalue weighted by atomic mass is 10.1. The van der Waals surface area contributed by atoms with Crippen molar-refractivity contribution in [1.82, 2.24) is 15.1 Å². The molecule has 0 radical (unpaired) electrons. The summed E-state index contributed by atoms with van der Waals surface area (Å²) >= 11 is 0. The molecule has 8 nitrogen and oxygen atoms in total. The first kappa shape index (κ1) is 18.8. The van der Waals surface area contributed by atoms with Gasteiger partial charge in [0, 0.05) is 30.4 Å². The van der Waals surface area contributed by atoms with Crippen LogP contribution >= 0.6 is 0 Å². The zero-order valence-corrected chi connectivity index (χ0v) is 14.9. The van der Waals surface area contributed by atoms with Gasteiger partial charge in [-0.3, -0.25) is 19.6 Å².